The van der Waals surface area contributed by atoms with Crippen molar-refractivity contribution < 1.29 is 18.8 Å². The van der Waals surface area contributed by atoms with Crippen molar-refractivity contribution in [1.29, 1.82) is 0 Å². The van der Waals surface area contributed by atoms with Crippen molar-refractivity contribution in [2.45, 2.75) is 71.6 Å². The highest BCUT2D eigenvalue weighted by molar-refractivity contribution is 6.02. The zero-order valence-electron chi connectivity index (χ0n) is 19.7. The van der Waals surface area contributed by atoms with E-state index >= 15 is 0 Å². The van der Waals surface area contributed by atoms with Crippen LogP contribution in [0.1, 0.15) is 72.2 Å². The Kier molecular flexibility index (Phi) is 7.19. The van der Waals surface area contributed by atoms with Gasteiger partial charge in [0.1, 0.15) is 29.2 Å². The number of carbonyl (C=O) groups excluding carboxylic acids is 2. The van der Waals surface area contributed by atoms with Gasteiger partial charge in [-0.25, -0.2) is 14.4 Å². The summed E-state index contributed by atoms with van der Waals surface area (Å²) in [6.45, 7) is 5.21. The lowest BCUT2D eigenvalue weighted by Crippen LogP contribution is -2.45. The van der Waals surface area contributed by atoms with Gasteiger partial charge in [0, 0.05) is 31.8 Å². The first kappa shape index (κ1) is 23.8. The zero-order chi connectivity index (χ0) is 24.2. The molecular formula is C25H30FN5O3. The maximum Gasteiger partial charge on any atom is 0.270 e. The molecule has 1 aliphatic heterocycles. The molecule has 34 heavy (non-hydrogen) atoms. The van der Waals surface area contributed by atoms with E-state index in [0.717, 1.165) is 31.2 Å². The van der Waals surface area contributed by atoms with E-state index < -0.39 is 0 Å². The second-order valence-electron chi connectivity index (χ2n) is 9.09. The predicted octanol–water partition coefficient (Wildman–Crippen LogP) is 3.35. The van der Waals surface area contributed by atoms with Gasteiger partial charge in [-0.05, 0) is 49.9 Å². The quantitative estimate of drug-likeness (QED) is 0.678. The number of benzene rings is 1. The molecule has 0 saturated heterocycles. The van der Waals surface area contributed by atoms with E-state index in [0.29, 0.717) is 29.2 Å². The van der Waals surface area contributed by atoms with Gasteiger partial charge in [0.15, 0.2) is 0 Å². The summed E-state index contributed by atoms with van der Waals surface area (Å²) in [6.07, 6.45) is 4.51. The first-order valence-corrected chi connectivity index (χ1v) is 11.7. The number of halogens is 1. The van der Waals surface area contributed by atoms with E-state index in [4.69, 9.17) is 4.84 Å². The topological polar surface area (TPSA) is 106 Å². The van der Waals surface area contributed by atoms with Crippen molar-refractivity contribution >= 4 is 17.5 Å². The summed E-state index contributed by atoms with van der Waals surface area (Å²) in [5.74, 6) is -0.0127. The number of hydrogen-bond donors (Lipinski definition) is 2. The van der Waals surface area contributed by atoms with Crippen LogP contribution in [0.4, 0.5) is 4.39 Å². The molecule has 2 aliphatic rings. The third-order valence-electron chi connectivity index (χ3n) is 6.42. The third kappa shape index (κ3) is 5.58. The third-order valence-corrected chi connectivity index (χ3v) is 6.42. The van der Waals surface area contributed by atoms with E-state index in [1.54, 1.807) is 32.0 Å². The van der Waals surface area contributed by atoms with E-state index in [1.807, 2.05) is 0 Å². The lowest BCUT2D eigenvalue weighted by molar-refractivity contribution is -0.120. The number of rotatable bonds is 6. The maximum absolute atomic E-state index is 13.5. The first-order chi connectivity index (χ1) is 16.3. The Labute approximate surface area is 198 Å². The molecule has 2 N–H and O–H groups in total. The molecule has 1 saturated carbocycles. The van der Waals surface area contributed by atoms with Crippen LogP contribution in [0.15, 0.2) is 29.4 Å². The van der Waals surface area contributed by atoms with Gasteiger partial charge in [0.2, 0.25) is 5.91 Å². The molecule has 2 unspecified atom stereocenters. The van der Waals surface area contributed by atoms with Crippen LogP contribution in [0.5, 0.6) is 0 Å². The Bertz CT molecular complexity index is 1120. The molecule has 3 atom stereocenters. The van der Waals surface area contributed by atoms with Crippen molar-refractivity contribution in [1.82, 2.24) is 20.6 Å². The minimum atomic E-state index is -0.345. The molecule has 0 spiro atoms. The van der Waals surface area contributed by atoms with Gasteiger partial charge in [0.25, 0.3) is 5.91 Å². The number of nitrogens with zero attached hydrogens (tertiary/aromatic N) is 3. The van der Waals surface area contributed by atoms with Gasteiger partial charge in [-0.2, -0.15) is 0 Å². The van der Waals surface area contributed by atoms with Gasteiger partial charge in [-0.15, -0.1) is 0 Å². The molecule has 9 heteroatoms. The van der Waals surface area contributed by atoms with Gasteiger partial charge in [0.05, 0.1) is 5.69 Å². The highest BCUT2D eigenvalue weighted by Gasteiger charge is 2.37. The molecule has 180 valence electrons. The van der Waals surface area contributed by atoms with Crippen molar-refractivity contribution in [2.75, 3.05) is 0 Å². The minimum absolute atomic E-state index is 0.0334. The van der Waals surface area contributed by atoms with Crippen LogP contribution < -0.4 is 10.6 Å². The van der Waals surface area contributed by atoms with Gasteiger partial charge in [-0.3, -0.25) is 9.59 Å². The molecule has 1 aromatic carbocycles. The van der Waals surface area contributed by atoms with Crippen LogP contribution >= 0.6 is 0 Å². The largest absolute Gasteiger partial charge is 0.391 e. The molecule has 8 nitrogen and oxygen atoms in total. The number of aromatic nitrogens is 2. The first-order valence-electron chi connectivity index (χ1n) is 11.7. The van der Waals surface area contributed by atoms with Crippen LogP contribution in [0.3, 0.4) is 0 Å². The van der Waals surface area contributed by atoms with Crippen LogP contribution in [0, 0.1) is 25.6 Å². The van der Waals surface area contributed by atoms with E-state index in [9.17, 15) is 14.0 Å². The van der Waals surface area contributed by atoms with Crippen molar-refractivity contribution in [3.63, 3.8) is 0 Å². The monoisotopic (exact) mass is 467 g/mol. The molecule has 2 amide bonds. The van der Waals surface area contributed by atoms with Crippen LogP contribution in [0.2, 0.25) is 0 Å². The Morgan fingerprint density at radius 3 is 2.71 bits per heavy atom. The molecular weight excluding hydrogens is 437 g/mol. The Hall–Kier alpha value is -3.36. The van der Waals surface area contributed by atoms with Gasteiger partial charge >= 0.3 is 0 Å². The smallest absolute Gasteiger partial charge is 0.270 e. The van der Waals surface area contributed by atoms with E-state index in [2.05, 4.69) is 25.8 Å². The molecule has 4 rings (SSSR count). The van der Waals surface area contributed by atoms with Crippen molar-refractivity contribution in [3.8, 4) is 0 Å². The lowest BCUT2D eigenvalue weighted by atomic mass is 9.79. The summed E-state index contributed by atoms with van der Waals surface area (Å²) >= 11 is 0. The number of aryl methyl sites for hydroxylation is 2. The van der Waals surface area contributed by atoms with Crippen LogP contribution in [-0.2, 0) is 16.2 Å². The normalized spacial score (nSPS) is 22.0. The lowest BCUT2D eigenvalue weighted by Gasteiger charge is -2.34. The summed E-state index contributed by atoms with van der Waals surface area (Å²) in [4.78, 5) is 38.9. The summed E-state index contributed by atoms with van der Waals surface area (Å²) in [5, 5.41) is 10.2. The number of amides is 2. The van der Waals surface area contributed by atoms with E-state index in [1.165, 1.54) is 13.0 Å². The van der Waals surface area contributed by atoms with Gasteiger partial charge < -0.3 is 15.5 Å². The van der Waals surface area contributed by atoms with Crippen molar-refractivity contribution in [3.05, 3.63) is 58.4 Å². The predicted molar refractivity (Wildman–Crippen MR) is 125 cm³/mol. The molecule has 0 bridgehead atoms. The summed E-state index contributed by atoms with van der Waals surface area (Å²) in [7, 11) is 0. The molecule has 1 aromatic heterocycles. The summed E-state index contributed by atoms with van der Waals surface area (Å²) < 4.78 is 13.5. The number of oxime groups is 1. The fourth-order valence-corrected chi connectivity index (χ4v) is 4.74. The summed E-state index contributed by atoms with van der Waals surface area (Å²) in [6, 6.07) is 6.44. The van der Waals surface area contributed by atoms with E-state index in [-0.39, 0.29) is 47.9 Å². The van der Waals surface area contributed by atoms with Crippen molar-refractivity contribution in [2.24, 2.45) is 11.1 Å². The average molecular weight is 468 g/mol. The minimum Gasteiger partial charge on any atom is -0.391 e. The Balaban J connectivity index is 1.43. The summed E-state index contributed by atoms with van der Waals surface area (Å²) in [5.41, 5.74) is 2.80. The fraction of sp³-hybridized carbons (Fsp3) is 0.480. The second kappa shape index (κ2) is 10.3. The Morgan fingerprint density at radius 1 is 1.15 bits per heavy atom. The highest BCUT2D eigenvalue weighted by Crippen LogP contribution is 2.33. The van der Waals surface area contributed by atoms with Gasteiger partial charge in [-0.1, -0.05) is 30.1 Å². The number of hydrogen-bond acceptors (Lipinski definition) is 6. The Morgan fingerprint density at radius 2 is 1.94 bits per heavy atom. The fourth-order valence-electron chi connectivity index (χ4n) is 4.74. The molecule has 1 fully saturated rings. The molecule has 1 aliphatic carbocycles. The molecule has 2 aromatic rings. The SMILES string of the molecule is CC(=O)N[C@H]1CCCCC1C1CC(c2cc(C(=O)NCc3ccc(F)c(C)c3)nc(C)n2)=NO1. The zero-order valence-corrected chi connectivity index (χ0v) is 19.7. The number of carbonyl (C=O) groups is 2. The highest BCUT2D eigenvalue weighted by atomic mass is 19.1. The molecule has 0 radical (unpaired) electrons. The van der Waals surface area contributed by atoms with Crippen LogP contribution in [-0.4, -0.2) is 39.6 Å². The maximum atomic E-state index is 13.5. The van der Waals surface area contributed by atoms with Crippen LogP contribution in [0.25, 0.3) is 0 Å². The average Bonchev–Trinajstić information content (AvgIpc) is 3.29. The number of nitrogens with one attached hydrogen (secondary N) is 2. The standard InChI is InChI=1S/C25H30FN5O3/c1-14-10-17(8-9-19(14)26)13-27-25(33)23-11-21(28-15(2)29-23)22-12-24(34-31-22)18-6-4-5-7-20(18)30-16(3)32/h8-11,18,20,24H,4-7,12-13H2,1-3H3,(H,27,33)(H,30,32)/t18?,20-,24?/m0/s1. The molecule has 2 heterocycles. The second-order valence-corrected chi connectivity index (χ2v) is 9.09.